The molecule has 0 radical (unpaired) electrons. The average molecular weight is 273 g/mol. The Bertz CT molecular complexity index is 635. The van der Waals surface area contributed by atoms with Gasteiger partial charge in [0.05, 0.1) is 21.4 Å². The van der Waals surface area contributed by atoms with Crippen LogP contribution in [0.4, 0.5) is 5.69 Å². The minimum Gasteiger partial charge on any atom is -0.398 e. The number of hydrogen-bond donors (Lipinski definition) is 1. The molecule has 3 heteroatoms. The van der Waals surface area contributed by atoms with E-state index < -0.39 is 10.8 Å². The van der Waals surface area contributed by atoms with Gasteiger partial charge in [0.25, 0.3) is 0 Å². The van der Waals surface area contributed by atoms with Gasteiger partial charge in [-0.1, -0.05) is 29.8 Å². The van der Waals surface area contributed by atoms with Crippen LogP contribution in [0.1, 0.15) is 22.3 Å². The molecule has 2 nitrogen and oxygen atoms in total. The van der Waals surface area contributed by atoms with Gasteiger partial charge < -0.3 is 5.73 Å². The Labute approximate surface area is 117 Å². The molecule has 0 bridgehead atoms. The summed E-state index contributed by atoms with van der Waals surface area (Å²) >= 11 is 0. The highest BCUT2D eigenvalue weighted by Crippen LogP contribution is 2.22. The third kappa shape index (κ3) is 3.24. The van der Waals surface area contributed by atoms with Gasteiger partial charge in [-0.3, -0.25) is 4.21 Å². The van der Waals surface area contributed by atoms with Crippen molar-refractivity contribution in [3.8, 4) is 0 Å². The van der Waals surface area contributed by atoms with Crippen molar-refractivity contribution in [1.82, 2.24) is 0 Å². The molecular weight excluding hydrogens is 254 g/mol. The van der Waals surface area contributed by atoms with Crippen LogP contribution in [0.15, 0.2) is 41.3 Å². The monoisotopic (exact) mass is 273 g/mol. The number of anilines is 1. The third-order valence-corrected chi connectivity index (χ3v) is 4.62. The minimum absolute atomic E-state index is 0.515. The van der Waals surface area contributed by atoms with E-state index in [1.54, 1.807) is 0 Å². The van der Waals surface area contributed by atoms with Crippen molar-refractivity contribution < 1.29 is 4.21 Å². The van der Waals surface area contributed by atoms with E-state index in [1.165, 1.54) is 11.1 Å². The molecule has 0 aromatic heterocycles. The number of benzene rings is 2. The summed E-state index contributed by atoms with van der Waals surface area (Å²) < 4.78 is 12.5. The highest BCUT2D eigenvalue weighted by Gasteiger charge is 2.10. The maximum atomic E-state index is 12.5. The maximum absolute atomic E-state index is 12.5. The lowest BCUT2D eigenvalue weighted by Crippen LogP contribution is -2.03. The summed E-state index contributed by atoms with van der Waals surface area (Å²) in [6.45, 7) is 6.08. The Morgan fingerprint density at radius 1 is 1.00 bits per heavy atom. The topological polar surface area (TPSA) is 43.1 Å². The fourth-order valence-electron chi connectivity index (χ4n) is 2.01. The summed E-state index contributed by atoms with van der Waals surface area (Å²) in [6, 6.07) is 11.9. The van der Waals surface area contributed by atoms with Crippen LogP contribution < -0.4 is 5.73 Å². The molecular formula is C16H19NOS. The summed E-state index contributed by atoms with van der Waals surface area (Å²) in [5.41, 5.74) is 11.1. The zero-order chi connectivity index (χ0) is 14.0. The summed E-state index contributed by atoms with van der Waals surface area (Å²) in [5.74, 6) is 0.515. The molecule has 2 rings (SSSR count). The predicted octanol–water partition coefficient (Wildman–Crippen LogP) is 3.50. The molecule has 0 saturated heterocycles. The van der Waals surface area contributed by atoms with Crippen LogP contribution in [0, 0.1) is 20.8 Å². The Hall–Kier alpha value is -1.61. The summed E-state index contributed by atoms with van der Waals surface area (Å²) in [7, 11) is -1.10. The van der Waals surface area contributed by atoms with E-state index in [9.17, 15) is 4.21 Å². The molecule has 1 atom stereocenters. The normalized spacial score (nSPS) is 12.4. The van der Waals surface area contributed by atoms with Gasteiger partial charge in [0.2, 0.25) is 0 Å². The second-order valence-electron chi connectivity index (χ2n) is 4.96. The molecule has 100 valence electrons. The second kappa shape index (κ2) is 5.57. The van der Waals surface area contributed by atoms with Crippen molar-refractivity contribution in [3.05, 3.63) is 58.7 Å². The highest BCUT2D eigenvalue weighted by molar-refractivity contribution is 7.84. The van der Waals surface area contributed by atoms with Gasteiger partial charge in [0.1, 0.15) is 0 Å². The van der Waals surface area contributed by atoms with Gasteiger partial charge in [0, 0.05) is 5.69 Å². The Balaban J connectivity index is 2.30. The number of rotatable bonds is 3. The first-order chi connectivity index (χ1) is 8.97. The molecule has 0 heterocycles. The van der Waals surface area contributed by atoms with Crippen molar-refractivity contribution in [2.24, 2.45) is 0 Å². The van der Waals surface area contributed by atoms with Crippen LogP contribution in [0.2, 0.25) is 0 Å². The lowest BCUT2D eigenvalue weighted by Gasteiger charge is -2.09. The first kappa shape index (κ1) is 13.8. The molecule has 0 spiro atoms. The molecule has 19 heavy (non-hydrogen) atoms. The standard InChI is InChI=1S/C16H19NOS/c1-11-4-6-13(3)14(8-11)10-19(18)16-9-12(2)5-7-15(16)17/h4-9H,10,17H2,1-3H3. The van der Waals surface area contributed by atoms with E-state index in [-0.39, 0.29) is 0 Å². The molecule has 0 amide bonds. The Kier molecular flexibility index (Phi) is 4.05. The summed E-state index contributed by atoms with van der Waals surface area (Å²) in [6.07, 6.45) is 0. The van der Waals surface area contributed by atoms with Gasteiger partial charge in [-0.2, -0.15) is 0 Å². The van der Waals surface area contributed by atoms with Crippen molar-refractivity contribution in [2.75, 3.05) is 5.73 Å². The van der Waals surface area contributed by atoms with E-state index >= 15 is 0 Å². The van der Waals surface area contributed by atoms with Gasteiger partial charge >= 0.3 is 0 Å². The van der Waals surface area contributed by atoms with Crippen molar-refractivity contribution in [1.29, 1.82) is 0 Å². The van der Waals surface area contributed by atoms with Crippen LogP contribution in [0.5, 0.6) is 0 Å². The molecule has 1 unspecified atom stereocenters. The molecule has 2 aromatic carbocycles. The average Bonchev–Trinajstić information content (AvgIpc) is 2.36. The molecule has 0 aliphatic heterocycles. The first-order valence-corrected chi connectivity index (χ1v) is 7.60. The van der Waals surface area contributed by atoms with Crippen LogP contribution in [-0.4, -0.2) is 4.21 Å². The number of hydrogen-bond acceptors (Lipinski definition) is 2. The predicted molar refractivity (Wildman–Crippen MR) is 81.6 cm³/mol. The van der Waals surface area contributed by atoms with E-state index in [1.807, 2.05) is 39.0 Å². The van der Waals surface area contributed by atoms with Gasteiger partial charge in [-0.15, -0.1) is 0 Å². The Morgan fingerprint density at radius 2 is 1.63 bits per heavy atom. The fraction of sp³-hybridized carbons (Fsp3) is 0.250. The van der Waals surface area contributed by atoms with E-state index in [0.29, 0.717) is 11.4 Å². The number of aryl methyl sites for hydroxylation is 3. The quantitative estimate of drug-likeness (QED) is 0.870. The van der Waals surface area contributed by atoms with Crippen LogP contribution in [0.3, 0.4) is 0 Å². The zero-order valence-electron chi connectivity index (χ0n) is 11.6. The van der Waals surface area contributed by atoms with Crippen LogP contribution in [-0.2, 0) is 16.6 Å². The molecule has 2 N–H and O–H groups in total. The molecule has 0 saturated carbocycles. The van der Waals surface area contributed by atoms with Crippen LogP contribution >= 0.6 is 0 Å². The van der Waals surface area contributed by atoms with E-state index in [2.05, 4.69) is 18.2 Å². The molecule has 0 fully saturated rings. The second-order valence-corrected chi connectivity index (χ2v) is 6.38. The van der Waals surface area contributed by atoms with Crippen LogP contribution in [0.25, 0.3) is 0 Å². The lowest BCUT2D eigenvalue weighted by molar-refractivity contribution is 0.682. The van der Waals surface area contributed by atoms with Gasteiger partial charge in [-0.05, 0) is 49.6 Å². The van der Waals surface area contributed by atoms with Gasteiger partial charge in [-0.25, -0.2) is 0 Å². The van der Waals surface area contributed by atoms with Crippen molar-refractivity contribution in [2.45, 2.75) is 31.4 Å². The molecule has 0 aliphatic carbocycles. The zero-order valence-corrected chi connectivity index (χ0v) is 12.4. The molecule has 2 aromatic rings. The summed E-state index contributed by atoms with van der Waals surface area (Å²) in [4.78, 5) is 0.737. The summed E-state index contributed by atoms with van der Waals surface area (Å²) in [5, 5.41) is 0. The van der Waals surface area contributed by atoms with Crippen molar-refractivity contribution in [3.63, 3.8) is 0 Å². The van der Waals surface area contributed by atoms with E-state index in [4.69, 9.17) is 5.73 Å². The molecule has 0 aliphatic rings. The third-order valence-electron chi connectivity index (χ3n) is 3.21. The first-order valence-electron chi connectivity index (χ1n) is 6.28. The lowest BCUT2D eigenvalue weighted by atomic mass is 10.1. The number of nitrogens with two attached hydrogens (primary N) is 1. The largest absolute Gasteiger partial charge is 0.398 e. The fourth-order valence-corrected chi connectivity index (χ4v) is 3.41. The van der Waals surface area contributed by atoms with E-state index in [0.717, 1.165) is 16.0 Å². The van der Waals surface area contributed by atoms with Crippen molar-refractivity contribution >= 4 is 16.5 Å². The highest BCUT2D eigenvalue weighted by atomic mass is 32.2. The van der Waals surface area contributed by atoms with Gasteiger partial charge in [0.15, 0.2) is 0 Å². The minimum atomic E-state index is -1.10. The maximum Gasteiger partial charge on any atom is 0.0623 e. The Morgan fingerprint density at radius 3 is 2.37 bits per heavy atom. The smallest absolute Gasteiger partial charge is 0.0623 e. The SMILES string of the molecule is Cc1ccc(C)c(CS(=O)c2cc(C)ccc2N)c1. The number of nitrogen functional groups attached to an aromatic ring is 1.